The minimum Gasteiger partial charge on any atom is -0.357 e. The summed E-state index contributed by atoms with van der Waals surface area (Å²) in [4.78, 5) is 4.49. The van der Waals surface area contributed by atoms with Crippen LogP contribution in [0.5, 0.6) is 0 Å². The number of aryl methyl sites for hydroxylation is 1. The summed E-state index contributed by atoms with van der Waals surface area (Å²) in [6, 6.07) is 9.25. The number of hydrogen-bond donors (Lipinski definition) is 2. The number of benzene rings is 1. The first-order chi connectivity index (χ1) is 10.7. The van der Waals surface area contributed by atoms with Crippen LogP contribution in [0.1, 0.15) is 18.1 Å². The molecule has 0 atom stereocenters. The Kier molecular flexibility index (Phi) is 8.68. The molecule has 0 radical (unpaired) electrons. The van der Waals surface area contributed by atoms with Gasteiger partial charge in [-0.25, -0.2) is 9.38 Å². The molecule has 1 aromatic carbocycles. The normalized spacial score (nSPS) is 11.0. The summed E-state index contributed by atoms with van der Waals surface area (Å²) in [5.74, 6) is 0.564. The zero-order valence-electron chi connectivity index (χ0n) is 13.6. The van der Waals surface area contributed by atoms with E-state index in [0.29, 0.717) is 12.1 Å². The number of hydrogen-bond acceptors (Lipinski definition) is 1. The summed E-state index contributed by atoms with van der Waals surface area (Å²) < 4.78 is 15.6. The molecular weight excluding hydrogens is 406 g/mol. The Morgan fingerprint density at radius 3 is 2.61 bits per heavy atom. The van der Waals surface area contributed by atoms with Crippen molar-refractivity contribution in [2.24, 2.45) is 4.99 Å². The summed E-state index contributed by atoms with van der Waals surface area (Å²) in [6.45, 7) is 6.68. The van der Waals surface area contributed by atoms with E-state index in [2.05, 4.69) is 20.2 Å². The molecule has 1 heterocycles. The van der Waals surface area contributed by atoms with Gasteiger partial charge in [-0.2, -0.15) is 0 Å². The fraction of sp³-hybridized carbons (Fsp3) is 0.353. The molecule has 2 N–H and O–H groups in total. The monoisotopic (exact) mass is 430 g/mol. The molecule has 0 aliphatic heterocycles. The molecule has 0 fully saturated rings. The van der Waals surface area contributed by atoms with Crippen LogP contribution in [0, 0.1) is 12.7 Å². The van der Waals surface area contributed by atoms with Gasteiger partial charge in [0.05, 0.1) is 6.54 Å². The van der Waals surface area contributed by atoms with E-state index in [0.717, 1.165) is 31.2 Å². The van der Waals surface area contributed by atoms with Gasteiger partial charge in [-0.1, -0.05) is 12.1 Å². The van der Waals surface area contributed by atoms with Crippen LogP contribution in [-0.4, -0.2) is 23.6 Å². The third-order valence-corrected chi connectivity index (χ3v) is 3.33. The fourth-order valence-corrected chi connectivity index (χ4v) is 2.07. The van der Waals surface area contributed by atoms with Gasteiger partial charge < -0.3 is 15.2 Å². The smallest absolute Gasteiger partial charge is 0.191 e. The highest BCUT2D eigenvalue weighted by atomic mass is 127. The van der Waals surface area contributed by atoms with Crippen molar-refractivity contribution in [1.29, 1.82) is 0 Å². The number of aliphatic imine (C=N–C) groups is 1. The molecule has 0 aliphatic carbocycles. The number of rotatable bonds is 6. The molecule has 4 nitrogen and oxygen atoms in total. The molecule has 126 valence electrons. The van der Waals surface area contributed by atoms with Crippen molar-refractivity contribution in [3.05, 3.63) is 59.7 Å². The van der Waals surface area contributed by atoms with E-state index in [1.54, 1.807) is 19.1 Å². The maximum Gasteiger partial charge on any atom is 0.191 e. The van der Waals surface area contributed by atoms with Crippen LogP contribution < -0.4 is 10.6 Å². The Morgan fingerprint density at radius 1 is 1.22 bits per heavy atom. The SMILES string of the molecule is CCNC(=NCc1ccc(C)c(F)c1)NCCn1cccc1.I. The van der Waals surface area contributed by atoms with Crippen LogP contribution in [0.3, 0.4) is 0 Å². The Bertz CT molecular complexity index is 611. The minimum atomic E-state index is -0.182. The van der Waals surface area contributed by atoms with Crippen molar-refractivity contribution in [3.63, 3.8) is 0 Å². The highest BCUT2D eigenvalue weighted by molar-refractivity contribution is 14.0. The van der Waals surface area contributed by atoms with Gasteiger partial charge in [0, 0.05) is 32.0 Å². The van der Waals surface area contributed by atoms with Crippen LogP contribution in [0.2, 0.25) is 0 Å². The predicted molar refractivity (Wildman–Crippen MR) is 104 cm³/mol. The van der Waals surface area contributed by atoms with E-state index < -0.39 is 0 Å². The molecule has 0 aliphatic rings. The lowest BCUT2D eigenvalue weighted by atomic mass is 10.1. The fourth-order valence-electron chi connectivity index (χ4n) is 2.07. The third-order valence-electron chi connectivity index (χ3n) is 3.33. The van der Waals surface area contributed by atoms with Crippen LogP contribution in [-0.2, 0) is 13.1 Å². The zero-order chi connectivity index (χ0) is 15.8. The molecule has 0 amide bonds. The molecule has 6 heteroatoms. The third kappa shape index (κ3) is 6.60. The van der Waals surface area contributed by atoms with Gasteiger partial charge in [0.25, 0.3) is 0 Å². The van der Waals surface area contributed by atoms with E-state index in [4.69, 9.17) is 0 Å². The Hall–Kier alpha value is -1.57. The Labute approximate surface area is 154 Å². The molecule has 0 spiro atoms. The summed E-state index contributed by atoms with van der Waals surface area (Å²) in [5.41, 5.74) is 1.52. The van der Waals surface area contributed by atoms with Crippen molar-refractivity contribution in [1.82, 2.24) is 15.2 Å². The Balaban J connectivity index is 0.00000264. The van der Waals surface area contributed by atoms with Gasteiger partial charge in [0.1, 0.15) is 5.82 Å². The first-order valence-corrected chi connectivity index (χ1v) is 7.57. The predicted octanol–water partition coefficient (Wildman–Crippen LogP) is 3.31. The van der Waals surface area contributed by atoms with E-state index in [1.807, 2.05) is 37.5 Å². The first-order valence-electron chi connectivity index (χ1n) is 7.57. The second kappa shape index (κ2) is 10.3. The Morgan fingerprint density at radius 2 is 1.96 bits per heavy atom. The van der Waals surface area contributed by atoms with Crippen molar-refractivity contribution >= 4 is 29.9 Å². The molecule has 0 unspecified atom stereocenters. The van der Waals surface area contributed by atoms with E-state index in [9.17, 15) is 4.39 Å². The summed E-state index contributed by atoms with van der Waals surface area (Å²) in [7, 11) is 0. The average molecular weight is 430 g/mol. The van der Waals surface area contributed by atoms with Crippen molar-refractivity contribution in [3.8, 4) is 0 Å². The molecule has 0 bridgehead atoms. The second-order valence-electron chi connectivity index (χ2n) is 5.13. The first kappa shape index (κ1) is 19.5. The van der Waals surface area contributed by atoms with Crippen LogP contribution in [0.15, 0.2) is 47.7 Å². The van der Waals surface area contributed by atoms with E-state index in [-0.39, 0.29) is 29.8 Å². The number of nitrogens with one attached hydrogen (secondary N) is 2. The number of halogens is 2. The highest BCUT2D eigenvalue weighted by Gasteiger charge is 2.01. The van der Waals surface area contributed by atoms with Gasteiger partial charge in [-0.3, -0.25) is 0 Å². The maximum absolute atomic E-state index is 13.5. The lowest BCUT2D eigenvalue weighted by Gasteiger charge is -2.12. The summed E-state index contributed by atoms with van der Waals surface area (Å²) in [6.07, 6.45) is 4.06. The molecule has 1 aromatic heterocycles. The van der Waals surface area contributed by atoms with Gasteiger partial charge >= 0.3 is 0 Å². The summed E-state index contributed by atoms with van der Waals surface area (Å²) >= 11 is 0. The topological polar surface area (TPSA) is 41.4 Å². The zero-order valence-corrected chi connectivity index (χ0v) is 15.9. The molecule has 2 rings (SSSR count). The minimum absolute atomic E-state index is 0. The lowest BCUT2D eigenvalue weighted by Crippen LogP contribution is -2.38. The standard InChI is InChI=1S/C17H23FN4.HI/c1-3-19-17(20-8-11-22-9-4-5-10-22)21-13-15-7-6-14(2)16(18)12-15;/h4-7,9-10,12H,3,8,11,13H2,1-2H3,(H2,19,20,21);1H. The van der Waals surface area contributed by atoms with Gasteiger partial charge in [0.15, 0.2) is 5.96 Å². The van der Waals surface area contributed by atoms with Crippen molar-refractivity contribution in [2.45, 2.75) is 26.9 Å². The van der Waals surface area contributed by atoms with Crippen molar-refractivity contribution < 1.29 is 4.39 Å². The quantitative estimate of drug-likeness (QED) is 0.420. The molecule has 23 heavy (non-hydrogen) atoms. The number of guanidine groups is 1. The van der Waals surface area contributed by atoms with E-state index in [1.165, 1.54) is 0 Å². The molecule has 0 saturated heterocycles. The average Bonchev–Trinajstić information content (AvgIpc) is 3.01. The molecule has 2 aromatic rings. The maximum atomic E-state index is 13.5. The van der Waals surface area contributed by atoms with Crippen LogP contribution in [0.4, 0.5) is 4.39 Å². The molecular formula is C17H24FIN4. The number of aromatic nitrogens is 1. The second-order valence-corrected chi connectivity index (χ2v) is 5.13. The highest BCUT2D eigenvalue weighted by Crippen LogP contribution is 2.09. The van der Waals surface area contributed by atoms with Gasteiger partial charge in [-0.15, -0.1) is 24.0 Å². The van der Waals surface area contributed by atoms with E-state index >= 15 is 0 Å². The van der Waals surface area contributed by atoms with Gasteiger partial charge in [0.2, 0.25) is 0 Å². The van der Waals surface area contributed by atoms with Crippen LogP contribution >= 0.6 is 24.0 Å². The van der Waals surface area contributed by atoms with Crippen LogP contribution in [0.25, 0.3) is 0 Å². The largest absolute Gasteiger partial charge is 0.357 e. The van der Waals surface area contributed by atoms with Gasteiger partial charge in [-0.05, 0) is 43.2 Å². The number of nitrogens with zero attached hydrogens (tertiary/aromatic N) is 2. The lowest BCUT2D eigenvalue weighted by molar-refractivity contribution is 0.616. The van der Waals surface area contributed by atoms with Crippen molar-refractivity contribution in [2.75, 3.05) is 13.1 Å². The molecule has 0 saturated carbocycles. The summed E-state index contributed by atoms with van der Waals surface area (Å²) in [5, 5.41) is 6.47.